The molecule has 1 saturated heterocycles. The lowest BCUT2D eigenvalue weighted by Crippen LogP contribution is -2.37. The number of carbonyl (C=O) groups is 1. The van der Waals surface area contributed by atoms with Gasteiger partial charge in [-0.15, -0.1) is 0 Å². The van der Waals surface area contributed by atoms with E-state index in [0.29, 0.717) is 12.2 Å². The van der Waals surface area contributed by atoms with Gasteiger partial charge in [-0.05, 0) is 17.5 Å². The third-order valence-electron chi connectivity index (χ3n) is 3.08. The van der Waals surface area contributed by atoms with Crippen molar-refractivity contribution in [3.63, 3.8) is 0 Å². The monoisotopic (exact) mass is 219 g/mol. The molecule has 0 radical (unpaired) electrons. The van der Waals surface area contributed by atoms with E-state index in [1.165, 1.54) is 5.56 Å². The Balaban J connectivity index is 1.99. The number of carbonyl (C=O) groups excluding carboxylic acids is 1. The van der Waals surface area contributed by atoms with E-state index in [1.54, 1.807) is 0 Å². The van der Waals surface area contributed by atoms with Gasteiger partial charge in [-0.1, -0.05) is 24.3 Å². The van der Waals surface area contributed by atoms with E-state index in [-0.39, 0.29) is 12.5 Å². The van der Waals surface area contributed by atoms with Crippen molar-refractivity contribution in [3.05, 3.63) is 35.4 Å². The van der Waals surface area contributed by atoms with Crippen LogP contribution in [0.3, 0.4) is 0 Å². The lowest BCUT2D eigenvalue weighted by molar-refractivity contribution is -0.123. The summed E-state index contributed by atoms with van der Waals surface area (Å²) in [5.41, 5.74) is 2.08. The first-order valence-corrected chi connectivity index (χ1v) is 5.71. The van der Waals surface area contributed by atoms with Crippen LogP contribution in [0.1, 0.15) is 17.5 Å². The van der Waals surface area contributed by atoms with Crippen LogP contribution in [-0.2, 0) is 17.8 Å². The highest BCUT2D eigenvalue weighted by Gasteiger charge is 2.21. The standard InChI is InChI=1S/C13H17NO2/c15-9-11-3-1-10(2-4-11)7-12-8-14-6-5-13(12)16/h1-4,12,14-15H,5-9H2. The first kappa shape index (κ1) is 11.3. The van der Waals surface area contributed by atoms with Gasteiger partial charge in [-0.3, -0.25) is 4.79 Å². The number of benzene rings is 1. The van der Waals surface area contributed by atoms with Crippen LogP contribution in [0.15, 0.2) is 24.3 Å². The highest BCUT2D eigenvalue weighted by Crippen LogP contribution is 2.14. The zero-order valence-electron chi connectivity index (χ0n) is 9.28. The SMILES string of the molecule is O=C1CCNCC1Cc1ccc(CO)cc1. The van der Waals surface area contributed by atoms with Crippen LogP contribution < -0.4 is 5.32 Å². The van der Waals surface area contributed by atoms with Gasteiger partial charge in [0.05, 0.1) is 6.61 Å². The number of aliphatic hydroxyl groups is 1. The lowest BCUT2D eigenvalue weighted by Gasteiger charge is -2.21. The molecule has 0 spiro atoms. The Morgan fingerprint density at radius 2 is 1.94 bits per heavy atom. The molecule has 1 atom stereocenters. The normalized spacial score (nSPS) is 21.1. The molecule has 3 nitrogen and oxygen atoms in total. The maximum atomic E-state index is 11.6. The Hall–Kier alpha value is -1.19. The molecule has 86 valence electrons. The molecule has 16 heavy (non-hydrogen) atoms. The minimum atomic E-state index is 0.0736. The third-order valence-corrected chi connectivity index (χ3v) is 3.08. The Bertz CT molecular complexity index is 359. The number of Topliss-reactive ketones (excluding diaryl/α,β-unsaturated/α-hetero) is 1. The predicted molar refractivity (Wildman–Crippen MR) is 62.1 cm³/mol. The van der Waals surface area contributed by atoms with E-state index >= 15 is 0 Å². The van der Waals surface area contributed by atoms with Gasteiger partial charge in [-0.25, -0.2) is 0 Å². The van der Waals surface area contributed by atoms with E-state index in [9.17, 15) is 4.79 Å². The fraction of sp³-hybridized carbons (Fsp3) is 0.462. The molecule has 0 saturated carbocycles. The van der Waals surface area contributed by atoms with E-state index < -0.39 is 0 Å². The minimum absolute atomic E-state index is 0.0736. The average Bonchev–Trinajstić information content (AvgIpc) is 2.33. The highest BCUT2D eigenvalue weighted by atomic mass is 16.3. The fourth-order valence-electron chi connectivity index (χ4n) is 2.06. The zero-order valence-corrected chi connectivity index (χ0v) is 9.28. The van der Waals surface area contributed by atoms with Crippen molar-refractivity contribution in [1.29, 1.82) is 0 Å². The molecule has 1 heterocycles. The number of hydrogen-bond donors (Lipinski definition) is 2. The van der Waals surface area contributed by atoms with Crippen LogP contribution >= 0.6 is 0 Å². The summed E-state index contributed by atoms with van der Waals surface area (Å²) >= 11 is 0. The van der Waals surface area contributed by atoms with Crippen molar-refractivity contribution < 1.29 is 9.90 Å². The molecular formula is C13H17NO2. The van der Waals surface area contributed by atoms with Crippen LogP contribution in [0.4, 0.5) is 0 Å². The van der Waals surface area contributed by atoms with E-state index in [0.717, 1.165) is 25.1 Å². The molecule has 0 amide bonds. The van der Waals surface area contributed by atoms with Crippen molar-refractivity contribution in [1.82, 2.24) is 5.32 Å². The second-order valence-electron chi connectivity index (χ2n) is 4.30. The molecule has 1 aromatic carbocycles. The number of ketones is 1. The van der Waals surface area contributed by atoms with Crippen LogP contribution in [0.2, 0.25) is 0 Å². The molecule has 2 rings (SSSR count). The van der Waals surface area contributed by atoms with Crippen LogP contribution in [-0.4, -0.2) is 24.0 Å². The number of aliphatic hydroxyl groups excluding tert-OH is 1. The molecule has 0 bridgehead atoms. The molecular weight excluding hydrogens is 202 g/mol. The zero-order chi connectivity index (χ0) is 11.4. The highest BCUT2D eigenvalue weighted by molar-refractivity contribution is 5.82. The predicted octanol–water partition coefficient (Wildman–Crippen LogP) is 0.900. The number of hydrogen-bond acceptors (Lipinski definition) is 3. The summed E-state index contributed by atoms with van der Waals surface area (Å²) in [5, 5.41) is 12.2. The average molecular weight is 219 g/mol. The van der Waals surface area contributed by atoms with E-state index in [4.69, 9.17) is 5.11 Å². The lowest BCUT2D eigenvalue weighted by atomic mass is 9.91. The van der Waals surface area contributed by atoms with Crippen molar-refractivity contribution >= 4 is 5.78 Å². The van der Waals surface area contributed by atoms with Gasteiger partial charge >= 0.3 is 0 Å². The Kier molecular flexibility index (Phi) is 3.70. The summed E-state index contributed by atoms with van der Waals surface area (Å²) in [6.07, 6.45) is 1.46. The number of nitrogens with one attached hydrogen (secondary N) is 1. The smallest absolute Gasteiger partial charge is 0.138 e. The third kappa shape index (κ3) is 2.68. The minimum Gasteiger partial charge on any atom is -0.392 e. The van der Waals surface area contributed by atoms with E-state index in [1.807, 2.05) is 24.3 Å². The van der Waals surface area contributed by atoms with E-state index in [2.05, 4.69) is 5.32 Å². The van der Waals surface area contributed by atoms with Gasteiger partial charge in [0.2, 0.25) is 0 Å². The molecule has 0 aliphatic carbocycles. The van der Waals surface area contributed by atoms with Gasteiger partial charge < -0.3 is 10.4 Å². The van der Waals surface area contributed by atoms with Gasteiger partial charge in [0.15, 0.2) is 0 Å². The van der Waals surface area contributed by atoms with Crippen molar-refractivity contribution in [2.24, 2.45) is 5.92 Å². The molecule has 1 unspecified atom stereocenters. The van der Waals surface area contributed by atoms with Crippen LogP contribution in [0.25, 0.3) is 0 Å². The second-order valence-corrected chi connectivity index (χ2v) is 4.30. The van der Waals surface area contributed by atoms with Crippen molar-refractivity contribution in [3.8, 4) is 0 Å². The Labute approximate surface area is 95.5 Å². The molecule has 3 heteroatoms. The maximum absolute atomic E-state index is 11.6. The quantitative estimate of drug-likeness (QED) is 0.794. The molecule has 1 aliphatic heterocycles. The first-order chi connectivity index (χ1) is 7.79. The topological polar surface area (TPSA) is 49.3 Å². The first-order valence-electron chi connectivity index (χ1n) is 5.71. The summed E-state index contributed by atoms with van der Waals surface area (Å²) in [4.78, 5) is 11.6. The summed E-state index contributed by atoms with van der Waals surface area (Å²) in [7, 11) is 0. The largest absolute Gasteiger partial charge is 0.392 e. The van der Waals surface area contributed by atoms with Gasteiger partial charge in [-0.2, -0.15) is 0 Å². The molecule has 1 aliphatic rings. The summed E-state index contributed by atoms with van der Waals surface area (Å²) in [6, 6.07) is 7.81. The van der Waals surface area contributed by atoms with Crippen molar-refractivity contribution in [2.75, 3.05) is 13.1 Å². The Morgan fingerprint density at radius 1 is 1.25 bits per heavy atom. The van der Waals surface area contributed by atoms with Gasteiger partial charge in [0.1, 0.15) is 5.78 Å². The molecule has 2 N–H and O–H groups in total. The van der Waals surface area contributed by atoms with Crippen LogP contribution in [0.5, 0.6) is 0 Å². The summed E-state index contributed by atoms with van der Waals surface area (Å²) < 4.78 is 0. The van der Waals surface area contributed by atoms with Gasteiger partial charge in [0.25, 0.3) is 0 Å². The number of rotatable bonds is 3. The Morgan fingerprint density at radius 3 is 2.56 bits per heavy atom. The maximum Gasteiger partial charge on any atom is 0.138 e. The summed E-state index contributed by atoms with van der Waals surface area (Å²) in [5.74, 6) is 0.485. The molecule has 0 aromatic heterocycles. The fourth-order valence-corrected chi connectivity index (χ4v) is 2.06. The number of piperidine rings is 1. The van der Waals surface area contributed by atoms with Crippen molar-refractivity contribution in [2.45, 2.75) is 19.4 Å². The van der Waals surface area contributed by atoms with Gasteiger partial charge in [0, 0.05) is 25.4 Å². The molecule has 1 aromatic rings. The molecule has 1 fully saturated rings. The van der Waals surface area contributed by atoms with Crippen LogP contribution in [0, 0.1) is 5.92 Å². The summed E-state index contributed by atoms with van der Waals surface area (Å²) in [6.45, 7) is 1.68. The second kappa shape index (κ2) is 5.23.